The number of hydrogen-bond donors (Lipinski definition) is 1. The Bertz CT molecular complexity index is 1320. The molecule has 0 bridgehead atoms. The van der Waals surface area contributed by atoms with Crippen molar-refractivity contribution in [3.63, 3.8) is 0 Å². The van der Waals surface area contributed by atoms with Crippen molar-refractivity contribution in [1.29, 1.82) is 0 Å². The summed E-state index contributed by atoms with van der Waals surface area (Å²) in [6, 6.07) is 21.9. The highest BCUT2D eigenvalue weighted by Crippen LogP contribution is 2.44. The lowest BCUT2D eigenvalue weighted by molar-refractivity contribution is 0.556. The van der Waals surface area contributed by atoms with E-state index in [0.29, 0.717) is 15.8 Å². The zero-order valence-corrected chi connectivity index (χ0v) is 19.7. The number of rotatable bonds is 4. The van der Waals surface area contributed by atoms with Crippen LogP contribution in [0.3, 0.4) is 0 Å². The van der Waals surface area contributed by atoms with Gasteiger partial charge in [-0.1, -0.05) is 29.8 Å². The average molecular weight is 477 g/mol. The van der Waals surface area contributed by atoms with Crippen LogP contribution in [0.25, 0.3) is 5.69 Å². The first-order chi connectivity index (χ1) is 16.0. The number of nitrogens with one attached hydrogen (secondary N) is 1. The van der Waals surface area contributed by atoms with Gasteiger partial charge in [-0.15, -0.1) is 0 Å². The molecule has 33 heavy (non-hydrogen) atoms. The van der Waals surface area contributed by atoms with Gasteiger partial charge in [-0.25, -0.2) is 4.39 Å². The van der Waals surface area contributed by atoms with Gasteiger partial charge in [0, 0.05) is 28.3 Å². The quantitative estimate of drug-likeness (QED) is 0.343. The van der Waals surface area contributed by atoms with Crippen LogP contribution in [0.1, 0.15) is 34.7 Å². The minimum atomic E-state index is -0.320. The van der Waals surface area contributed by atoms with Gasteiger partial charge < -0.3 is 14.8 Å². The first kappa shape index (κ1) is 21.6. The summed E-state index contributed by atoms with van der Waals surface area (Å²) < 4.78 is 17.1. The lowest BCUT2D eigenvalue weighted by Gasteiger charge is -2.28. The number of aryl methyl sites for hydroxylation is 1. The Morgan fingerprint density at radius 3 is 2.42 bits per heavy atom. The van der Waals surface area contributed by atoms with Gasteiger partial charge >= 0.3 is 0 Å². The third-order valence-electron chi connectivity index (χ3n) is 6.08. The maximum Gasteiger partial charge on any atom is 0.174 e. The molecule has 166 valence electrons. The van der Waals surface area contributed by atoms with Crippen molar-refractivity contribution in [2.45, 2.75) is 25.9 Å². The second kappa shape index (κ2) is 8.61. The van der Waals surface area contributed by atoms with Gasteiger partial charge in [-0.3, -0.25) is 4.98 Å². The summed E-state index contributed by atoms with van der Waals surface area (Å²) >= 11 is 11.8. The Kier molecular flexibility index (Phi) is 5.64. The van der Waals surface area contributed by atoms with E-state index in [-0.39, 0.29) is 17.9 Å². The molecule has 1 aliphatic heterocycles. The lowest BCUT2D eigenvalue weighted by Crippen LogP contribution is -2.30. The predicted molar refractivity (Wildman–Crippen MR) is 135 cm³/mol. The fourth-order valence-electron chi connectivity index (χ4n) is 4.65. The largest absolute Gasteiger partial charge is 0.351 e. The van der Waals surface area contributed by atoms with Gasteiger partial charge in [0.2, 0.25) is 0 Å². The van der Waals surface area contributed by atoms with Crippen LogP contribution < -0.4 is 10.2 Å². The van der Waals surface area contributed by atoms with Gasteiger partial charge in [0.25, 0.3) is 0 Å². The standard InChI is InChI=1S/C26H22ClFN4S/c1-16-15-20(17(2)31(16)19-12-10-18(27)11-13-19)25-24(22-8-5-6-14-29-22)30-26(33)32(25)23-9-4-3-7-21(23)28/h3-15,24-25H,1-2H3,(H,30,33)/t24-,25-/m0/s1. The van der Waals surface area contributed by atoms with Crippen molar-refractivity contribution in [2.75, 3.05) is 4.90 Å². The fourth-order valence-corrected chi connectivity index (χ4v) is 5.12. The highest BCUT2D eigenvalue weighted by Gasteiger charge is 2.43. The summed E-state index contributed by atoms with van der Waals surface area (Å²) in [5.74, 6) is -0.320. The number of anilines is 1. The molecule has 1 saturated heterocycles. The topological polar surface area (TPSA) is 33.1 Å². The number of thiocarbonyl (C=S) groups is 1. The number of para-hydroxylation sites is 1. The van der Waals surface area contributed by atoms with E-state index >= 15 is 0 Å². The molecule has 4 nitrogen and oxygen atoms in total. The van der Waals surface area contributed by atoms with Gasteiger partial charge in [-0.05, 0) is 86.2 Å². The second-order valence-corrected chi connectivity index (χ2v) is 8.91. The molecule has 0 amide bonds. The number of halogens is 2. The molecule has 4 aromatic rings. The molecule has 2 aromatic carbocycles. The number of benzene rings is 2. The summed E-state index contributed by atoms with van der Waals surface area (Å²) in [6.45, 7) is 4.14. The third kappa shape index (κ3) is 3.79. The Morgan fingerprint density at radius 1 is 1.00 bits per heavy atom. The highest BCUT2D eigenvalue weighted by atomic mass is 35.5. The molecule has 5 rings (SSSR count). The van der Waals surface area contributed by atoms with Gasteiger partial charge in [0.05, 0.1) is 23.5 Å². The molecule has 1 N–H and O–H groups in total. The Labute approximate surface area is 202 Å². The van der Waals surface area contributed by atoms with Crippen molar-refractivity contribution in [1.82, 2.24) is 14.9 Å². The van der Waals surface area contributed by atoms with Gasteiger partial charge in [0.1, 0.15) is 5.82 Å². The molecular formula is C26H22ClFN4S. The molecule has 2 aromatic heterocycles. The van der Waals surface area contributed by atoms with Crippen LogP contribution in [0, 0.1) is 19.7 Å². The molecule has 0 spiro atoms. The Morgan fingerprint density at radius 2 is 1.73 bits per heavy atom. The Hall–Kier alpha value is -3.22. The van der Waals surface area contributed by atoms with Crippen molar-refractivity contribution in [3.8, 4) is 5.69 Å². The molecule has 0 aliphatic carbocycles. The van der Waals surface area contributed by atoms with E-state index in [0.717, 1.165) is 28.3 Å². The first-order valence-electron chi connectivity index (χ1n) is 10.7. The van der Waals surface area contributed by atoms with Crippen LogP contribution in [0.4, 0.5) is 10.1 Å². The van der Waals surface area contributed by atoms with Gasteiger partial charge in [-0.2, -0.15) is 0 Å². The van der Waals surface area contributed by atoms with Crippen LogP contribution in [0.2, 0.25) is 5.02 Å². The maximum atomic E-state index is 15.0. The van der Waals surface area contributed by atoms with E-state index in [1.165, 1.54) is 6.07 Å². The molecule has 2 atom stereocenters. The summed E-state index contributed by atoms with van der Waals surface area (Å²) in [4.78, 5) is 6.46. The van der Waals surface area contributed by atoms with Crippen LogP contribution in [-0.2, 0) is 0 Å². The van der Waals surface area contributed by atoms with E-state index in [4.69, 9.17) is 23.8 Å². The molecule has 0 radical (unpaired) electrons. The smallest absolute Gasteiger partial charge is 0.174 e. The first-order valence-corrected chi connectivity index (χ1v) is 11.4. The number of hydrogen-bond acceptors (Lipinski definition) is 2. The molecular weight excluding hydrogens is 455 g/mol. The van der Waals surface area contributed by atoms with Crippen molar-refractivity contribution >= 4 is 34.6 Å². The Balaban J connectivity index is 1.69. The number of nitrogens with zero attached hydrogens (tertiary/aromatic N) is 3. The van der Waals surface area contributed by atoms with Crippen LogP contribution in [0.15, 0.2) is 79.0 Å². The van der Waals surface area contributed by atoms with Gasteiger partial charge in [0.15, 0.2) is 5.11 Å². The van der Waals surface area contributed by atoms with E-state index < -0.39 is 0 Å². The number of pyridine rings is 1. The van der Waals surface area contributed by atoms with E-state index in [9.17, 15) is 4.39 Å². The number of aromatic nitrogens is 2. The van der Waals surface area contributed by atoms with Crippen LogP contribution >= 0.6 is 23.8 Å². The highest BCUT2D eigenvalue weighted by molar-refractivity contribution is 7.80. The monoisotopic (exact) mass is 476 g/mol. The predicted octanol–water partition coefficient (Wildman–Crippen LogP) is 6.46. The lowest BCUT2D eigenvalue weighted by atomic mass is 9.96. The molecule has 0 saturated carbocycles. The molecule has 3 heterocycles. The summed E-state index contributed by atoms with van der Waals surface area (Å²) in [6.07, 6.45) is 1.76. The maximum absolute atomic E-state index is 15.0. The van der Waals surface area contributed by atoms with Crippen molar-refractivity contribution in [2.24, 2.45) is 0 Å². The van der Waals surface area contributed by atoms with Crippen molar-refractivity contribution < 1.29 is 4.39 Å². The molecule has 1 fully saturated rings. The zero-order chi connectivity index (χ0) is 23.1. The minimum absolute atomic E-state index is 0.238. The normalized spacial score (nSPS) is 17.9. The summed E-state index contributed by atoms with van der Waals surface area (Å²) in [5.41, 5.74) is 5.47. The zero-order valence-electron chi connectivity index (χ0n) is 18.2. The molecule has 1 aliphatic rings. The SMILES string of the molecule is Cc1cc([C@H]2[C@H](c3ccccn3)NC(=S)N2c2ccccc2F)c(C)n1-c1ccc(Cl)cc1. The summed E-state index contributed by atoms with van der Waals surface area (Å²) in [5, 5.41) is 4.56. The van der Waals surface area contributed by atoms with E-state index in [1.807, 2.05) is 53.4 Å². The van der Waals surface area contributed by atoms with E-state index in [1.54, 1.807) is 18.3 Å². The van der Waals surface area contributed by atoms with E-state index in [2.05, 4.69) is 34.8 Å². The van der Waals surface area contributed by atoms with Crippen LogP contribution in [-0.4, -0.2) is 14.7 Å². The third-order valence-corrected chi connectivity index (χ3v) is 6.65. The van der Waals surface area contributed by atoms with Crippen molar-refractivity contribution in [3.05, 3.63) is 112 Å². The van der Waals surface area contributed by atoms with Crippen LogP contribution in [0.5, 0.6) is 0 Å². The molecule has 0 unspecified atom stereocenters. The average Bonchev–Trinajstić information content (AvgIpc) is 3.31. The minimum Gasteiger partial charge on any atom is -0.351 e. The summed E-state index contributed by atoms with van der Waals surface area (Å²) in [7, 11) is 0. The fraction of sp³-hybridized carbons (Fsp3) is 0.154. The molecule has 7 heteroatoms. The second-order valence-electron chi connectivity index (χ2n) is 8.09.